The highest BCUT2D eigenvalue weighted by Crippen LogP contribution is 2.29. The number of hydrogen-bond acceptors (Lipinski definition) is 2. The van der Waals surface area contributed by atoms with Crippen molar-refractivity contribution in [2.45, 2.75) is 18.8 Å². The molecule has 1 atom stereocenters. The fraction of sp³-hybridized carbons (Fsp3) is 0.286. The molecule has 0 bridgehead atoms. The number of para-hydroxylation sites is 1. The third kappa shape index (κ3) is 3.12. The summed E-state index contributed by atoms with van der Waals surface area (Å²) in [5.74, 6) is 1.23. The predicted molar refractivity (Wildman–Crippen MR) is 99.2 cm³/mol. The topological polar surface area (TPSA) is 45.3 Å². The van der Waals surface area contributed by atoms with Gasteiger partial charge in [-0.25, -0.2) is 0 Å². The Labute approximate surface area is 147 Å². The zero-order valence-electron chi connectivity index (χ0n) is 14.4. The average molecular weight is 334 g/mol. The van der Waals surface area contributed by atoms with E-state index in [4.69, 9.17) is 4.74 Å². The molecule has 1 unspecified atom stereocenters. The van der Waals surface area contributed by atoms with Crippen LogP contribution < -0.4 is 4.74 Å². The predicted octanol–water partition coefficient (Wildman–Crippen LogP) is 4.20. The van der Waals surface area contributed by atoms with Gasteiger partial charge >= 0.3 is 0 Å². The minimum Gasteiger partial charge on any atom is -0.497 e. The molecule has 0 aliphatic carbocycles. The Hall–Kier alpha value is -2.75. The minimum absolute atomic E-state index is 0.100. The van der Waals surface area contributed by atoms with E-state index >= 15 is 0 Å². The van der Waals surface area contributed by atoms with Crippen LogP contribution in [0.3, 0.4) is 0 Å². The molecule has 25 heavy (non-hydrogen) atoms. The standard InChI is InChI=1S/C21H22N2O2/c1-25-18-10-8-15(9-11-18)21(24)23-12-4-6-17(14-23)20-13-16-5-2-3-7-19(16)22-20/h2-3,5,7-11,13,17,22H,4,6,12,14H2,1H3. The maximum Gasteiger partial charge on any atom is 0.253 e. The van der Waals surface area contributed by atoms with E-state index in [0.29, 0.717) is 5.92 Å². The SMILES string of the molecule is COc1ccc(C(=O)N2CCCC(c3cc4ccccc4[nH]3)C2)cc1. The number of nitrogens with zero attached hydrogens (tertiary/aromatic N) is 1. The van der Waals surface area contributed by atoms with Crippen molar-refractivity contribution in [3.63, 3.8) is 0 Å². The highest BCUT2D eigenvalue weighted by Gasteiger charge is 2.26. The molecular formula is C21H22N2O2. The highest BCUT2D eigenvalue weighted by atomic mass is 16.5. The first kappa shape index (κ1) is 15.8. The minimum atomic E-state index is 0.100. The Bertz CT molecular complexity index is 849. The van der Waals surface area contributed by atoms with Crippen LogP contribution in [0.15, 0.2) is 54.6 Å². The van der Waals surface area contributed by atoms with Crippen LogP contribution in [0.25, 0.3) is 10.9 Å². The van der Waals surface area contributed by atoms with Gasteiger partial charge in [-0.2, -0.15) is 0 Å². The quantitative estimate of drug-likeness (QED) is 0.780. The molecule has 4 heteroatoms. The number of ether oxygens (including phenoxy) is 1. The summed E-state index contributed by atoms with van der Waals surface area (Å²) in [6.45, 7) is 1.58. The van der Waals surface area contributed by atoms with Crippen molar-refractivity contribution in [1.82, 2.24) is 9.88 Å². The Morgan fingerprint density at radius 2 is 1.96 bits per heavy atom. The molecule has 1 aliphatic heterocycles. The van der Waals surface area contributed by atoms with Gasteiger partial charge in [-0.05, 0) is 54.6 Å². The molecule has 1 N–H and O–H groups in total. The van der Waals surface area contributed by atoms with Crippen LogP contribution in [0.4, 0.5) is 0 Å². The van der Waals surface area contributed by atoms with Gasteiger partial charge in [0.25, 0.3) is 5.91 Å². The number of aromatic amines is 1. The Morgan fingerprint density at radius 3 is 2.72 bits per heavy atom. The Kier molecular flexibility index (Phi) is 4.18. The van der Waals surface area contributed by atoms with Gasteiger partial charge in [-0.15, -0.1) is 0 Å². The molecule has 128 valence electrons. The van der Waals surface area contributed by atoms with Crippen LogP contribution in [0, 0.1) is 0 Å². The summed E-state index contributed by atoms with van der Waals surface area (Å²) >= 11 is 0. The van der Waals surface area contributed by atoms with Crippen LogP contribution in [0.1, 0.15) is 34.8 Å². The lowest BCUT2D eigenvalue weighted by Gasteiger charge is -2.32. The summed E-state index contributed by atoms with van der Waals surface area (Å²) in [4.78, 5) is 18.3. The van der Waals surface area contributed by atoms with Crippen molar-refractivity contribution in [3.8, 4) is 5.75 Å². The summed E-state index contributed by atoms with van der Waals surface area (Å²) < 4.78 is 5.17. The summed E-state index contributed by atoms with van der Waals surface area (Å²) in [6.07, 6.45) is 2.14. The number of aromatic nitrogens is 1. The van der Waals surface area contributed by atoms with E-state index in [1.54, 1.807) is 7.11 Å². The van der Waals surface area contributed by atoms with Gasteiger partial charge in [-0.3, -0.25) is 4.79 Å². The first-order valence-corrected chi connectivity index (χ1v) is 8.75. The lowest BCUT2D eigenvalue weighted by molar-refractivity contribution is 0.0706. The molecule has 1 fully saturated rings. The van der Waals surface area contributed by atoms with E-state index in [0.717, 1.165) is 42.8 Å². The van der Waals surface area contributed by atoms with E-state index in [9.17, 15) is 4.79 Å². The molecule has 0 spiro atoms. The first-order valence-electron chi connectivity index (χ1n) is 8.75. The maximum atomic E-state index is 12.8. The van der Waals surface area contributed by atoms with Crippen molar-refractivity contribution >= 4 is 16.8 Å². The largest absolute Gasteiger partial charge is 0.497 e. The van der Waals surface area contributed by atoms with Gasteiger partial charge in [0.2, 0.25) is 0 Å². The molecule has 0 radical (unpaired) electrons. The number of H-pyrrole nitrogens is 1. The van der Waals surface area contributed by atoms with Crippen LogP contribution in [-0.4, -0.2) is 36.0 Å². The number of likely N-dealkylation sites (tertiary alicyclic amines) is 1. The van der Waals surface area contributed by atoms with Gasteiger partial charge < -0.3 is 14.6 Å². The summed E-state index contributed by atoms with van der Waals surface area (Å²) in [5.41, 5.74) is 3.11. The van der Waals surface area contributed by atoms with Crippen LogP contribution >= 0.6 is 0 Å². The number of piperidine rings is 1. The normalized spacial score (nSPS) is 17.6. The Morgan fingerprint density at radius 1 is 1.16 bits per heavy atom. The maximum absolute atomic E-state index is 12.8. The smallest absolute Gasteiger partial charge is 0.253 e. The average Bonchev–Trinajstić information content (AvgIpc) is 3.12. The molecule has 0 saturated carbocycles. The van der Waals surface area contributed by atoms with E-state index in [2.05, 4.69) is 29.2 Å². The lowest BCUT2D eigenvalue weighted by atomic mass is 9.94. The molecule has 4 rings (SSSR count). The third-order valence-corrected chi connectivity index (χ3v) is 5.04. The lowest BCUT2D eigenvalue weighted by Crippen LogP contribution is -2.39. The number of amides is 1. The van der Waals surface area contributed by atoms with Crippen molar-refractivity contribution in [2.75, 3.05) is 20.2 Å². The zero-order chi connectivity index (χ0) is 17.2. The first-order chi connectivity index (χ1) is 12.2. The fourth-order valence-electron chi connectivity index (χ4n) is 3.65. The van der Waals surface area contributed by atoms with E-state index in [-0.39, 0.29) is 5.91 Å². The van der Waals surface area contributed by atoms with E-state index < -0.39 is 0 Å². The van der Waals surface area contributed by atoms with Gasteiger partial charge in [0.1, 0.15) is 5.75 Å². The zero-order valence-corrected chi connectivity index (χ0v) is 14.4. The number of benzene rings is 2. The molecular weight excluding hydrogens is 312 g/mol. The van der Waals surface area contributed by atoms with E-state index in [1.165, 1.54) is 11.1 Å². The number of methoxy groups -OCH3 is 1. The number of rotatable bonds is 3. The molecule has 1 saturated heterocycles. The van der Waals surface area contributed by atoms with Gasteiger partial charge in [-0.1, -0.05) is 18.2 Å². The second-order valence-electron chi connectivity index (χ2n) is 6.63. The molecule has 3 aromatic rings. The van der Waals surface area contributed by atoms with Crippen molar-refractivity contribution in [3.05, 3.63) is 65.9 Å². The molecule has 4 nitrogen and oxygen atoms in total. The van der Waals surface area contributed by atoms with Crippen LogP contribution in [-0.2, 0) is 0 Å². The number of carbonyl (C=O) groups is 1. The summed E-state index contributed by atoms with van der Waals surface area (Å²) in [5, 5.41) is 1.23. The second-order valence-corrected chi connectivity index (χ2v) is 6.63. The number of nitrogens with one attached hydrogen (secondary N) is 1. The van der Waals surface area contributed by atoms with Crippen molar-refractivity contribution in [1.29, 1.82) is 0 Å². The van der Waals surface area contributed by atoms with Crippen molar-refractivity contribution < 1.29 is 9.53 Å². The number of hydrogen-bond donors (Lipinski definition) is 1. The fourth-order valence-corrected chi connectivity index (χ4v) is 3.65. The molecule has 2 aromatic carbocycles. The number of fused-ring (bicyclic) bond motifs is 1. The highest BCUT2D eigenvalue weighted by molar-refractivity contribution is 5.94. The van der Waals surface area contributed by atoms with Gasteiger partial charge in [0.15, 0.2) is 0 Å². The molecule has 1 aromatic heterocycles. The molecule has 1 aliphatic rings. The summed E-state index contributed by atoms with van der Waals surface area (Å²) in [7, 11) is 1.63. The van der Waals surface area contributed by atoms with Gasteiger partial charge in [0, 0.05) is 35.8 Å². The molecule has 1 amide bonds. The third-order valence-electron chi connectivity index (χ3n) is 5.04. The van der Waals surface area contributed by atoms with Crippen LogP contribution in [0.5, 0.6) is 5.75 Å². The second kappa shape index (κ2) is 6.63. The van der Waals surface area contributed by atoms with Gasteiger partial charge in [0.05, 0.1) is 7.11 Å². The van der Waals surface area contributed by atoms with Crippen LogP contribution in [0.2, 0.25) is 0 Å². The molecule has 2 heterocycles. The van der Waals surface area contributed by atoms with Crippen molar-refractivity contribution in [2.24, 2.45) is 0 Å². The number of carbonyl (C=O) groups excluding carboxylic acids is 1. The Balaban J connectivity index is 1.52. The summed E-state index contributed by atoms with van der Waals surface area (Å²) in [6, 6.07) is 17.9. The van der Waals surface area contributed by atoms with E-state index in [1.807, 2.05) is 35.2 Å². The monoisotopic (exact) mass is 334 g/mol.